The van der Waals surface area contributed by atoms with Crippen LogP contribution in [-0.4, -0.2) is 37.2 Å². The molecule has 0 spiro atoms. The Morgan fingerprint density at radius 3 is 2.64 bits per heavy atom. The van der Waals surface area contributed by atoms with Gasteiger partial charge < -0.3 is 5.32 Å². The van der Waals surface area contributed by atoms with E-state index in [1.54, 1.807) is 4.68 Å². The van der Waals surface area contributed by atoms with Gasteiger partial charge in [-0.15, -0.1) is 0 Å². The summed E-state index contributed by atoms with van der Waals surface area (Å²) in [6.07, 6.45) is 5.86. The summed E-state index contributed by atoms with van der Waals surface area (Å²) >= 11 is 0. The SMILES string of the molecule is Cc1cc(C2CCC2)nc(-c2ccc(C(=O)NCCc3ncnn3C)cc2)n1. The molecular weight excluding hydrogens is 352 g/mol. The van der Waals surface area contributed by atoms with Crippen LogP contribution in [0, 0.1) is 6.92 Å². The Hall–Kier alpha value is -3.09. The van der Waals surface area contributed by atoms with Gasteiger partial charge in [-0.1, -0.05) is 18.6 Å². The normalized spacial score (nSPS) is 13.9. The zero-order valence-corrected chi connectivity index (χ0v) is 16.2. The molecule has 0 saturated heterocycles. The Bertz CT molecular complexity index is 975. The number of hydrogen-bond donors (Lipinski definition) is 1. The first kappa shape index (κ1) is 18.3. The van der Waals surface area contributed by atoms with Crippen molar-refractivity contribution < 1.29 is 4.79 Å². The summed E-state index contributed by atoms with van der Waals surface area (Å²) in [6.45, 7) is 2.52. The van der Waals surface area contributed by atoms with E-state index in [0.29, 0.717) is 24.4 Å². The smallest absolute Gasteiger partial charge is 0.251 e. The third-order valence-electron chi connectivity index (χ3n) is 5.24. The molecule has 0 aliphatic heterocycles. The molecule has 0 atom stereocenters. The predicted molar refractivity (Wildman–Crippen MR) is 106 cm³/mol. The highest BCUT2D eigenvalue weighted by molar-refractivity contribution is 5.94. The first-order valence-electron chi connectivity index (χ1n) is 9.67. The van der Waals surface area contributed by atoms with Crippen molar-refractivity contribution in [1.29, 1.82) is 0 Å². The first-order valence-corrected chi connectivity index (χ1v) is 9.67. The Morgan fingerprint density at radius 1 is 1.21 bits per heavy atom. The van der Waals surface area contributed by atoms with Gasteiger partial charge in [-0.2, -0.15) is 5.10 Å². The number of amides is 1. The van der Waals surface area contributed by atoms with Crippen LogP contribution in [-0.2, 0) is 13.5 Å². The molecule has 1 aromatic carbocycles. The summed E-state index contributed by atoms with van der Waals surface area (Å²) in [5.41, 5.74) is 3.67. The molecule has 0 unspecified atom stereocenters. The number of carbonyl (C=O) groups excluding carboxylic acids is 1. The summed E-state index contributed by atoms with van der Waals surface area (Å²) < 4.78 is 1.71. The lowest BCUT2D eigenvalue weighted by Gasteiger charge is -2.25. The third kappa shape index (κ3) is 3.93. The summed E-state index contributed by atoms with van der Waals surface area (Å²) in [6, 6.07) is 9.56. The number of aryl methyl sites for hydroxylation is 2. The van der Waals surface area contributed by atoms with E-state index < -0.39 is 0 Å². The van der Waals surface area contributed by atoms with Crippen molar-refractivity contribution in [3.05, 3.63) is 59.4 Å². The van der Waals surface area contributed by atoms with E-state index in [1.165, 1.54) is 25.6 Å². The van der Waals surface area contributed by atoms with Gasteiger partial charge in [0.1, 0.15) is 12.2 Å². The standard InChI is InChI=1S/C21H24N6O/c1-14-12-18(15-4-3-5-15)26-20(25-14)16-6-8-17(9-7-16)21(28)22-11-10-19-23-13-24-27(19)2/h6-9,12-13,15H,3-5,10-11H2,1-2H3,(H,22,28). The lowest BCUT2D eigenvalue weighted by Crippen LogP contribution is -2.26. The van der Waals surface area contributed by atoms with Gasteiger partial charge in [-0.3, -0.25) is 9.48 Å². The molecular formula is C21H24N6O. The molecule has 2 aromatic heterocycles. The van der Waals surface area contributed by atoms with Crippen LogP contribution in [0.3, 0.4) is 0 Å². The monoisotopic (exact) mass is 376 g/mol. The van der Waals surface area contributed by atoms with Crippen molar-refractivity contribution in [1.82, 2.24) is 30.0 Å². The van der Waals surface area contributed by atoms with Gasteiger partial charge in [0, 0.05) is 48.4 Å². The highest BCUT2D eigenvalue weighted by Gasteiger charge is 2.22. The van der Waals surface area contributed by atoms with E-state index in [4.69, 9.17) is 4.98 Å². The molecule has 7 heteroatoms. The molecule has 28 heavy (non-hydrogen) atoms. The van der Waals surface area contributed by atoms with E-state index in [9.17, 15) is 4.79 Å². The molecule has 1 saturated carbocycles. The quantitative estimate of drug-likeness (QED) is 0.715. The fourth-order valence-electron chi connectivity index (χ4n) is 3.34. The summed E-state index contributed by atoms with van der Waals surface area (Å²) in [5.74, 6) is 2.04. The molecule has 7 nitrogen and oxygen atoms in total. The number of aromatic nitrogens is 5. The minimum absolute atomic E-state index is 0.103. The molecule has 1 aliphatic carbocycles. The van der Waals surface area contributed by atoms with Crippen LogP contribution in [0.15, 0.2) is 36.7 Å². The van der Waals surface area contributed by atoms with Gasteiger partial charge in [0.2, 0.25) is 0 Å². The van der Waals surface area contributed by atoms with Gasteiger partial charge in [0.25, 0.3) is 5.91 Å². The first-order chi connectivity index (χ1) is 13.6. The molecule has 1 N–H and O–H groups in total. The van der Waals surface area contributed by atoms with Crippen molar-refractivity contribution in [2.24, 2.45) is 7.05 Å². The number of rotatable bonds is 6. The Morgan fingerprint density at radius 2 is 2.00 bits per heavy atom. The average molecular weight is 376 g/mol. The summed E-state index contributed by atoms with van der Waals surface area (Å²) in [5, 5.41) is 6.94. The molecule has 144 valence electrons. The largest absolute Gasteiger partial charge is 0.352 e. The second-order valence-corrected chi connectivity index (χ2v) is 7.27. The maximum atomic E-state index is 12.4. The Labute approximate surface area is 164 Å². The van der Waals surface area contributed by atoms with Crippen LogP contribution in [0.1, 0.15) is 52.8 Å². The second-order valence-electron chi connectivity index (χ2n) is 7.27. The molecule has 0 bridgehead atoms. The lowest BCUT2D eigenvalue weighted by molar-refractivity contribution is 0.0954. The van der Waals surface area contributed by atoms with Crippen molar-refractivity contribution >= 4 is 5.91 Å². The zero-order valence-electron chi connectivity index (χ0n) is 16.2. The summed E-state index contributed by atoms with van der Waals surface area (Å²) in [4.78, 5) is 25.9. The van der Waals surface area contributed by atoms with Crippen molar-refractivity contribution in [3.8, 4) is 11.4 Å². The van der Waals surface area contributed by atoms with Gasteiger partial charge in [-0.05, 0) is 38.0 Å². The second kappa shape index (κ2) is 7.88. The number of benzene rings is 1. The van der Waals surface area contributed by atoms with Crippen molar-refractivity contribution in [3.63, 3.8) is 0 Å². The Balaban J connectivity index is 1.41. The zero-order chi connectivity index (χ0) is 19.5. The molecule has 4 rings (SSSR count). The molecule has 2 heterocycles. The predicted octanol–water partition coefficient (Wildman–Crippen LogP) is 2.82. The molecule has 1 fully saturated rings. The average Bonchev–Trinajstić information content (AvgIpc) is 3.05. The fourth-order valence-corrected chi connectivity index (χ4v) is 3.34. The minimum Gasteiger partial charge on any atom is -0.352 e. The van der Waals surface area contributed by atoms with Crippen molar-refractivity contribution in [2.45, 2.75) is 38.5 Å². The molecule has 1 aliphatic rings. The van der Waals surface area contributed by atoms with E-state index >= 15 is 0 Å². The number of nitrogens with one attached hydrogen (secondary N) is 1. The van der Waals surface area contributed by atoms with Crippen LogP contribution >= 0.6 is 0 Å². The number of carbonyl (C=O) groups is 1. The van der Waals surface area contributed by atoms with E-state index in [0.717, 1.165) is 28.6 Å². The minimum atomic E-state index is -0.103. The molecule has 0 radical (unpaired) electrons. The van der Waals surface area contributed by atoms with Gasteiger partial charge in [-0.25, -0.2) is 15.0 Å². The fraction of sp³-hybridized carbons (Fsp3) is 0.381. The maximum absolute atomic E-state index is 12.4. The third-order valence-corrected chi connectivity index (χ3v) is 5.24. The van der Waals surface area contributed by atoms with E-state index in [1.807, 2.05) is 38.2 Å². The van der Waals surface area contributed by atoms with Crippen LogP contribution in [0.25, 0.3) is 11.4 Å². The highest BCUT2D eigenvalue weighted by atomic mass is 16.1. The van der Waals surface area contributed by atoms with Crippen molar-refractivity contribution in [2.75, 3.05) is 6.54 Å². The van der Waals surface area contributed by atoms with Crippen LogP contribution in [0.4, 0.5) is 0 Å². The Kier molecular flexibility index (Phi) is 5.14. The van der Waals surface area contributed by atoms with E-state index in [2.05, 4.69) is 26.4 Å². The van der Waals surface area contributed by atoms with E-state index in [-0.39, 0.29) is 5.91 Å². The number of hydrogen-bond acceptors (Lipinski definition) is 5. The molecule has 1 amide bonds. The maximum Gasteiger partial charge on any atom is 0.251 e. The van der Waals surface area contributed by atoms with Crippen LogP contribution in [0.5, 0.6) is 0 Å². The van der Waals surface area contributed by atoms with Crippen LogP contribution in [0.2, 0.25) is 0 Å². The van der Waals surface area contributed by atoms with Gasteiger partial charge >= 0.3 is 0 Å². The molecule has 3 aromatic rings. The van der Waals surface area contributed by atoms with Crippen LogP contribution < -0.4 is 5.32 Å². The van der Waals surface area contributed by atoms with Gasteiger partial charge in [0.05, 0.1) is 0 Å². The lowest BCUT2D eigenvalue weighted by atomic mass is 9.82. The number of nitrogens with zero attached hydrogens (tertiary/aromatic N) is 5. The van der Waals surface area contributed by atoms with Gasteiger partial charge in [0.15, 0.2) is 5.82 Å². The summed E-state index contributed by atoms with van der Waals surface area (Å²) in [7, 11) is 1.84. The topological polar surface area (TPSA) is 85.6 Å². The highest BCUT2D eigenvalue weighted by Crippen LogP contribution is 2.36.